The van der Waals surface area contributed by atoms with E-state index in [0.29, 0.717) is 13.0 Å². The molecule has 14 heavy (non-hydrogen) atoms. The lowest BCUT2D eigenvalue weighted by atomic mass is 10.1. The van der Waals surface area contributed by atoms with Crippen LogP contribution in [0.4, 0.5) is 0 Å². The Morgan fingerprint density at radius 1 is 1.36 bits per heavy atom. The van der Waals surface area contributed by atoms with Gasteiger partial charge in [-0.1, -0.05) is 25.1 Å². The van der Waals surface area contributed by atoms with Crippen LogP contribution in [0.2, 0.25) is 0 Å². The van der Waals surface area contributed by atoms with Crippen LogP contribution in [0.15, 0.2) is 24.3 Å². The molecule has 0 aliphatic heterocycles. The van der Waals surface area contributed by atoms with Gasteiger partial charge in [0.15, 0.2) is 0 Å². The lowest BCUT2D eigenvalue weighted by molar-refractivity contribution is -0.117. The van der Waals surface area contributed by atoms with Crippen molar-refractivity contribution in [2.75, 3.05) is 6.61 Å². The number of para-hydroxylation sites is 1. The van der Waals surface area contributed by atoms with Gasteiger partial charge >= 0.3 is 0 Å². The quantitative estimate of drug-likeness (QED) is 0.716. The lowest BCUT2D eigenvalue weighted by Gasteiger charge is -2.08. The second kappa shape index (κ2) is 5.43. The minimum Gasteiger partial charge on any atom is -0.493 e. The molecule has 0 spiro atoms. The Bertz CT molecular complexity index is 305. The van der Waals surface area contributed by atoms with E-state index >= 15 is 0 Å². The molecule has 0 N–H and O–H groups in total. The van der Waals surface area contributed by atoms with Crippen LogP contribution in [0.3, 0.4) is 0 Å². The first-order valence-electron chi connectivity index (χ1n) is 4.94. The Kier molecular flexibility index (Phi) is 4.17. The van der Waals surface area contributed by atoms with Crippen LogP contribution in [0.5, 0.6) is 5.75 Å². The molecule has 0 radical (unpaired) electrons. The van der Waals surface area contributed by atoms with Gasteiger partial charge < -0.3 is 4.74 Å². The van der Waals surface area contributed by atoms with Gasteiger partial charge in [-0.15, -0.1) is 0 Å². The predicted octanol–water partition coefficient (Wildman–Crippen LogP) is 2.61. The number of hydrogen-bond acceptors (Lipinski definition) is 2. The molecule has 76 valence electrons. The summed E-state index contributed by atoms with van der Waals surface area (Å²) in [5.41, 5.74) is 1.19. The minimum atomic E-state index is 0.166. The number of ketones is 1. The molecule has 0 unspecified atom stereocenters. The molecule has 1 aromatic rings. The number of rotatable bonds is 5. The van der Waals surface area contributed by atoms with E-state index in [1.807, 2.05) is 24.3 Å². The molecule has 2 nitrogen and oxygen atoms in total. The lowest BCUT2D eigenvalue weighted by Crippen LogP contribution is -2.04. The van der Waals surface area contributed by atoms with E-state index < -0.39 is 0 Å². The number of hydrogen-bond donors (Lipinski definition) is 0. The highest BCUT2D eigenvalue weighted by atomic mass is 16.5. The maximum absolute atomic E-state index is 10.7. The highest BCUT2D eigenvalue weighted by Gasteiger charge is 2.00. The third-order valence-corrected chi connectivity index (χ3v) is 2.07. The van der Waals surface area contributed by atoms with Crippen LogP contribution in [0.25, 0.3) is 0 Å². The van der Waals surface area contributed by atoms with Crippen molar-refractivity contribution in [1.29, 1.82) is 0 Å². The van der Waals surface area contributed by atoms with Crippen molar-refractivity contribution >= 4 is 5.78 Å². The van der Waals surface area contributed by atoms with Crippen molar-refractivity contribution in [3.8, 4) is 5.75 Å². The van der Waals surface area contributed by atoms with Crippen LogP contribution in [-0.4, -0.2) is 12.4 Å². The first-order valence-corrected chi connectivity index (χ1v) is 4.94. The van der Waals surface area contributed by atoms with Crippen LogP contribution in [0.1, 0.15) is 25.8 Å². The van der Waals surface area contributed by atoms with Crippen LogP contribution >= 0.6 is 0 Å². The highest BCUT2D eigenvalue weighted by Crippen LogP contribution is 2.18. The predicted molar refractivity (Wildman–Crippen MR) is 56.6 cm³/mol. The Morgan fingerprint density at radius 2 is 2.07 bits per heavy atom. The van der Waals surface area contributed by atoms with Crippen LogP contribution < -0.4 is 4.74 Å². The number of aryl methyl sites for hydroxylation is 1. The van der Waals surface area contributed by atoms with Crippen molar-refractivity contribution in [3.63, 3.8) is 0 Å². The normalized spacial score (nSPS) is 9.86. The van der Waals surface area contributed by atoms with Gasteiger partial charge in [0, 0.05) is 6.42 Å². The molecular formula is C12H16O2. The molecule has 0 saturated heterocycles. The summed E-state index contributed by atoms with van der Waals surface area (Å²) in [7, 11) is 0. The third kappa shape index (κ3) is 3.21. The molecule has 0 amide bonds. The van der Waals surface area contributed by atoms with Gasteiger partial charge in [0.05, 0.1) is 6.61 Å². The topological polar surface area (TPSA) is 26.3 Å². The first-order chi connectivity index (χ1) is 6.74. The summed E-state index contributed by atoms with van der Waals surface area (Å²) >= 11 is 0. The molecule has 0 aromatic heterocycles. The van der Waals surface area contributed by atoms with Crippen molar-refractivity contribution in [2.45, 2.75) is 26.7 Å². The zero-order chi connectivity index (χ0) is 10.4. The first kappa shape index (κ1) is 10.8. The molecular weight excluding hydrogens is 176 g/mol. The molecule has 1 rings (SSSR count). The van der Waals surface area contributed by atoms with E-state index in [9.17, 15) is 4.79 Å². The third-order valence-electron chi connectivity index (χ3n) is 2.07. The van der Waals surface area contributed by atoms with E-state index in [4.69, 9.17) is 4.74 Å². The van der Waals surface area contributed by atoms with Gasteiger partial charge in [0.1, 0.15) is 11.5 Å². The molecule has 0 heterocycles. The highest BCUT2D eigenvalue weighted by molar-refractivity contribution is 5.75. The van der Waals surface area contributed by atoms with Gasteiger partial charge in [0.25, 0.3) is 0 Å². The van der Waals surface area contributed by atoms with Gasteiger partial charge in [0.2, 0.25) is 0 Å². The standard InChI is InChI=1S/C12H16O2/c1-3-11-6-4-5-7-12(11)14-9-8-10(2)13/h4-7H,3,8-9H2,1-2H3. The van der Waals surface area contributed by atoms with E-state index in [-0.39, 0.29) is 5.78 Å². The van der Waals surface area contributed by atoms with E-state index in [1.165, 1.54) is 5.56 Å². The Balaban J connectivity index is 2.53. The molecule has 0 aliphatic rings. The summed E-state index contributed by atoms with van der Waals surface area (Å²) in [5.74, 6) is 1.07. The fraction of sp³-hybridized carbons (Fsp3) is 0.417. The number of ether oxygens (including phenoxy) is 1. The summed E-state index contributed by atoms with van der Waals surface area (Å²) < 4.78 is 5.52. The SMILES string of the molecule is CCc1ccccc1OCCC(C)=O. The van der Waals surface area contributed by atoms with Gasteiger partial charge in [-0.3, -0.25) is 4.79 Å². The Morgan fingerprint density at radius 3 is 2.71 bits per heavy atom. The molecule has 0 bridgehead atoms. The number of Topliss-reactive ketones (excluding diaryl/α,β-unsaturated/α-hetero) is 1. The Labute approximate surface area is 84.9 Å². The van der Waals surface area contributed by atoms with E-state index in [0.717, 1.165) is 12.2 Å². The van der Waals surface area contributed by atoms with Gasteiger partial charge in [-0.2, -0.15) is 0 Å². The maximum atomic E-state index is 10.7. The van der Waals surface area contributed by atoms with Crippen molar-refractivity contribution in [2.24, 2.45) is 0 Å². The largest absolute Gasteiger partial charge is 0.493 e. The van der Waals surface area contributed by atoms with Crippen molar-refractivity contribution < 1.29 is 9.53 Å². The minimum absolute atomic E-state index is 0.166. The van der Waals surface area contributed by atoms with Gasteiger partial charge in [-0.25, -0.2) is 0 Å². The molecule has 0 fully saturated rings. The Hall–Kier alpha value is -1.31. The average Bonchev–Trinajstić information content (AvgIpc) is 2.18. The molecule has 0 aliphatic carbocycles. The average molecular weight is 192 g/mol. The second-order valence-electron chi connectivity index (χ2n) is 3.26. The fourth-order valence-electron chi connectivity index (χ4n) is 1.24. The van der Waals surface area contributed by atoms with E-state index in [1.54, 1.807) is 6.92 Å². The summed E-state index contributed by atoms with van der Waals surface area (Å²) in [6.07, 6.45) is 1.44. The number of benzene rings is 1. The molecule has 0 saturated carbocycles. The second-order valence-corrected chi connectivity index (χ2v) is 3.26. The maximum Gasteiger partial charge on any atom is 0.133 e. The monoisotopic (exact) mass is 192 g/mol. The molecule has 2 heteroatoms. The summed E-state index contributed by atoms with van der Waals surface area (Å²) in [6, 6.07) is 7.93. The number of carbonyl (C=O) groups excluding carboxylic acids is 1. The van der Waals surface area contributed by atoms with Crippen molar-refractivity contribution in [1.82, 2.24) is 0 Å². The van der Waals surface area contributed by atoms with Crippen molar-refractivity contribution in [3.05, 3.63) is 29.8 Å². The molecule has 0 atom stereocenters. The fourth-order valence-corrected chi connectivity index (χ4v) is 1.24. The van der Waals surface area contributed by atoms with Crippen LogP contribution in [0, 0.1) is 0 Å². The summed E-state index contributed by atoms with van der Waals surface area (Å²) in [5, 5.41) is 0. The zero-order valence-corrected chi connectivity index (χ0v) is 8.75. The smallest absolute Gasteiger partial charge is 0.133 e. The van der Waals surface area contributed by atoms with E-state index in [2.05, 4.69) is 6.92 Å². The van der Waals surface area contributed by atoms with Gasteiger partial charge in [-0.05, 0) is 25.0 Å². The van der Waals surface area contributed by atoms with Crippen LogP contribution in [-0.2, 0) is 11.2 Å². The zero-order valence-electron chi connectivity index (χ0n) is 8.75. The summed E-state index contributed by atoms with van der Waals surface area (Å²) in [4.78, 5) is 10.7. The molecule has 1 aromatic carbocycles. The summed E-state index contributed by atoms with van der Waals surface area (Å²) in [6.45, 7) is 4.15. The number of carbonyl (C=O) groups is 1.